The van der Waals surface area contributed by atoms with Gasteiger partial charge in [0.25, 0.3) is 0 Å². The molecule has 1 saturated carbocycles. The fourth-order valence-corrected chi connectivity index (χ4v) is 3.45. The van der Waals surface area contributed by atoms with Crippen LogP contribution in [0.2, 0.25) is 5.02 Å². The number of benzene rings is 2. The van der Waals surface area contributed by atoms with Crippen molar-refractivity contribution in [2.75, 3.05) is 11.5 Å². The van der Waals surface area contributed by atoms with Crippen LogP contribution in [-0.4, -0.2) is 12.1 Å². The van der Waals surface area contributed by atoms with Gasteiger partial charge in [-0.05, 0) is 67.5 Å². The summed E-state index contributed by atoms with van der Waals surface area (Å²) in [5.74, 6) is -1.98. The summed E-state index contributed by atoms with van der Waals surface area (Å²) in [5.41, 5.74) is 13.1. The molecule has 7 heteroatoms. The van der Waals surface area contributed by atoms with Crippen molar-refractivity contribution in [1.82, 2.24) is 0 Å². The molecule has 1 fully saturated rings. The quantitative estimate of drug-likeness (QED) is 0.461. The first-order chi connectivity index (χ1) is 12.3. The van der Waals surface area contributed by atoms with E-state index in [0.717, 1.165) is 0 Å². The molecule has 2 aromatic rings. The van der Waals surface area contributed by atoms with Crippen LogP contribution in [0.15, 0.2) is 30.3 Å². The van der Waals surface area contributed by atoms with E-state index in [4.69, 9.17) is 27.8 Å². The summed E-state index contributed by atoms with van der Waals surface area (Å²) in [6, 6.07) is 7.15. The van der Waals surface area contributed by atoms with Crippen LogP contribution in [0.4, 0.5) is 20.2 Å². The van der Waals surface area contributed by atoms with Crippen molar-refractivity contribution in [3.63, 3.8) is 0 Å². The van der Waals surface area contributed by atoms with Crippen molar-refractivity contribution in [2.45, 2.75) is 37.7 Å². The minimum Gasteiger partial charge on any atom is -0.459 e. The third-order valence-corrected chi connectivity index (χ3v) is 5.00. The van der Waals surface area contributed by atoms with Gasteiger partial charge in [-0.2, -0.15) is 0 Å². The van der Waals surface area contributed by atoms with E-state index in [1.165, 1.54) is 24.3 Å². The van der Waals surface area contributed by atoms with Crippen LogP contribution < -0.4 is 11.5 Å². The molecule has 26 heavy (non-hydrogen) atoms. The fraction of sp³-hybridized carbons (Fsp3) is 0.316. The second-order valence-electron chi connectivity index (χ2n) is 6.57. The number of ether oxygens (including phenoxy) is 1. The highest BCUT2D eigenvalue weighted by Crippen LogP contribution is 2.36. The highest BCUT2D eigenvalue weighted by molar-refractivity contribution is 6.30. The average Bonchev–Trinajstić information content (AvgIpc) is 2.59. The molecule has 4 nitrogen and oxygen atoms in total. The predicted molar refractivity (Wildman–Crippen MR) is 97.0 cm³/mol. The maximum absolute atomic E-state index is 13.6. The second-order valence-corrected chi connectivity index (χ2v) is 6.94. The number of esters is 1. The van der Waals surface area contributed by atoms with Gasteiger partial charge in [-0.25, -0.2) is 13.6 Å². The summed E-state index contributed by atoms with van der Waals surface area (Å²) in [7, 11) is 0. The molecule has 0 heterocycles. The van der Waals surface area contributed by atoms with Gasteiger partial charge in [-0.1, -0.05) is 11.6 Å². The van der Waals surface area contributed by atoms with Gasteiger partial charge >= 0.3 is 5.97 Å². The number of nitrogen functional groups attached to an aromatic ring is 2. The zero-order valence-corrected chi connectivity index (χ0v) is 14.7. The summed E-state index contributed by atoms with van der Waals surface area (Å²) >= 11 is 5.52. The minimum atomic E-state index is -0.755. The van der Waals surface area contributed by atoms with Gasteiger partial charge < -0.3 is 16.2 Å². The Bertz CT molecular complexity index is 793. The molecule has 138 valence electrons. The second kappa shape index (κ2) is 7.50. The molecule has 1 aliphatic carbocycles. The van der Waals surface area contributed by atoms with Crippen LogP contribution in [0.25, 0.3) is 0 Å². The number of hydrogen-bond donors (Lipinski definition) is 2. The van der Waals surface area contributed by atoms with E-state index in [0.29, 0.717) is 48.2 Å². The number of nitrogens with two attached hydrogens (primary N) is 2. The highest BCUT2D eigenvalue weighted by atomic mass is 35.5. The Kier molecular flexibility index (Phi) is 5.32. The third kappa shape index (κ3) is 4.07. The molecule has 0 bridgehead atoms. The molecule has 2 aromatic carbocycles. The van der Waals surface area contributed by atoms with Gasteiger partial charge in [0.05, 0.1) is 5.56 Å². The number of rotatable bonds is 3. The first-order valence-corrected chi connectivity index (χ1v) is 8.72. The standard InChI is InChI=1S/C19H19ClF2N2O2/c20-18-16(21)7-11(8-17(18)22)10-1-3-15(4-2-10)26-19(25)12-5-13(23)9-14(24)6-12/h5-10,15H,1-4,23-24H2. The summed E-state index contributed by atoms with van der Waals surface area (Å²) < 4.78 is 32.8. The van der Waals surface area contributed by atoms with Crippen molar-refractivity contribution in [1.29, 1.82) is 0 Å². The average molecular weight is 381 g/mol. The molecule has 0 atom stereocenters. The smallest absolute Gasteiger partial charge is 0.338 e. The van der Waals surface area contributed by atoms with Gasteiger partial charge in [0, 0.05) is 11.4 Å². The molecule has 0 aliphatic heterocycles. The third-order valence-electron chi connectivity index (χ3n) is 4.64. The SMILES string of the molecule is Nc1cc(N)cc(C(=O)OC2CCC(c3cc(F)c(Cl)c(F)c3)CC2)c1. The maximum atomic E-state index is 13.6. The van der Waals surface area contributed by atoms with E-state index in [1.807, 2.05) is 0 Å². The molecule has 1 aliphatic rings. The van der Waals surface area contributed by atoms with Crippen LogP contribution in [0.3, 0.4) is 0 Å². The topological polar surface area (TPSA) is 78.3 Å². The van der Waals surface area contributed by atoms with E-state index >= 15 is 0 Å². The monoisotopic (exact) mass is 380 g/mol. The molecular weight excluding hydrogens is 362 g/mol. The van der Waals surface area contributed by atoms with Gasteiger partial charge in [0.15, 0.2) is 0 Å². The number of anilines is 2. The lowest BCUT2D eigenvalue weighted by Crippen LogP contribution is -2.24. The Balaban J connectivity index is 1.61. The summed E-state index contributed by atoms with van der Waals surface area (Å²) in [6.07, 6.45) is 2.30. The Labute approximate surface area is 155 Å². The Morgan fingerprint density at radius 2 is 1.50 bits per heavy atom. The number of carbonyl (C=O) groups is 1. The van der Waals surface area contributed by atoms with Crippen molar-refractivity contribution >= 4 is 28.9 Å². The van der Waals surface area contributed by atoms with Crippen molar-refractivity contribution in [3.05, 3.63) is 58.1 Å². The van der Waals surface area contributed by atoms with Gasteiger partial charge in [-0.15, -0.1) is 0 Å². The summed E-state index contributed by atoms with van der Waals surface area (Å²) in [5, 5.41) is -0.488. The van der Waals surface area contributed by atoms with Gasteiger partial charge in [0.1, 0.15) is 22.8 Å². The molecular formula is C19H19ClF2N2O2. The van der Waals surface area contributed by atoms with Crippen molar-refractivity contribution in [2.24, 2.45) is 0 Å². The number of carbonyl (C=O) groups excluding carboxylic acids is 1. The van der Waals surface area contributed by atoms with Crippen LogP contribution in [0, 0.1) is 11.6 Å². The number of halogens is 3. The lowest BCUT2D eigenvalue weighted by Gasteiger charge is -2.28. The van der Waals surface area contributed by atoms with Gasteiger partial charge in [-0.3, -0.25) is 0 Å². The molecule has 0 amide bonds. The van der Waals surface area contributed by atoms with Crippen LogP contribution in [0.1, 0.15) is 47.5 Å². The van der Waals surface area contributed by atoms with E-state index in [9.17, 15) is 13.6 Å². The van der Waals surface area contributed by atoms with Crippen LogP contribution >= 0.6 is 11.6 Å². The molecule has 0 aromatic heterocycles. The molecule has 0 unspecified atom stereocenters. The number of hydrogen-bond acceptors (Lipinski definition) is 4. The van der Waals surface area contributed by atoms with Gasteiger partial charge in [0.2, 0.25) is 0 Å². The van der Waals surface area contributed by atoms with Crippen LogP contribution in [0.5, 0.6) is 0 Å². The highest BCUT2D eigenvalue weighted by Gasteiger charge is 2.26. The summed E-state index contributed by atoms with van der Waals surface area (Å²) in [6.45, 7) is 0. The largest absolute Gasteiger partial charge is 0.459 e. The first-order valence-electron chi connectivity index (χ1n) is 8.35. The predicted octanol–water partition coefficient (Wildman–Crippen LogP) is 4.67. The minimum absolute atomic E-state index is 0.00855. The van der Waals surface area contributed by atoms with E-state index in [-0.39, 0.29) is 12.0 Å². The molecule has 0 spiro atoms. The van der Waals surface area contributed by atoms with Crippen molar-refractivity contribution < 1.29 is 18.3 Å². The zero-order chi connectivity index (χ0) is 18.8. The molecule has 0 saturated heterocycles. The van der Waals surface area contributed by atoms with Crippen LogP contribution in [-0.2, 0) is 4.74 Å². The Morgan fingerprint density at radius 3 is 2.04 bits per heavy atom. The zero-order valence-electron chi connectivity index (χ0n) is 14.0. The van der Waals surface area contributed by atoms with Crippen molar-refractivity contribution in [3.8, 4) is 0 Å². The molecule has 0 radical (unpaired) electrons. The van der Waals surface area contributed by atoms with E-state index in [2.05, 4.69) is 0 Å². The fourth-order valence-electron chi connectivity index (χ4n) is 3.34. The normalized spacial score (nSPS) is 20.0. The Hall–Kier alpha value is -2.34. The Morgan fingerprint density at radius 1 is 0.962 bits per heavy atom. The molecule has 4 N–H and O–H groups in total. The lowest BCUT2D eigenvalue weighted by atomic mass is 9.82. The first kappa shape index (κ1) is 18.5. The van der Waals surface area contributed by atoms with E-state index < -0.39 is 22.6 Å². The summed E-state index contributed by atoms with van der Waals surface area (Å²) in [4.78, 5) is 12.2. The maximum Gasteiger partial charge on any atom is 0.338 e. The van der Waals surface area contributed by atoms with E-state index in [1.54, 1.807) is 6.07 Å². The lowest BCUT2D eigenvalue weighted by molar-refractivity contribution is 0.0195. The molecule has 3 rings (SSSR count).